The first-order valence-corrected chi connectivity index (χ1v) is 10.7. The second-order valence-corrected chi connectivity index (χ2v) is 8.52. The van der Waals surface area contributed by atoms with Gasteiger partial charge in [0.15, 0.2) is 5.78 Å². The van der Waals surface area contributed by atoms with Gasteiger partial charge >= 0.3 is 0 Å². The van der Waals surface area contributed by atoms with Crippen molar-refractivity contribution in [1.29, 1.82) is 0 Å². The van der Waals surface area contributed by atoms with Gasteiger partial charge in [-0.1, -0.05) is 57.2 Å². The number of allylic oxidation sites excluding steroid dienone is 1. The van der Waals surface area contributed by atoms with Gasteiger partial charge in [0.25, 0.3) is 0 Å². The van der Waals surface area contributed by atoms with Crippen LogP contribution in [0.1, 0.15) is 56.0 Å². The average Bonchev–Trinajstić information content (AvgIpc) is 2.74. The van der Waals surface area contributed by atoms with Gasteiger partial charge in [0.2, 0.25) is 0 Å². The van der Waals surface area contributed by atoms with Gasteiger partial charge in [-0.3, -0.25) is 4.79 Å². The highest BCUT2D eigenvalue weighted by Gasteiger charge is 2.37. The number of methoxy groups -OCH3 is 1. The van der Waals surface area contributed by atoms with Gasteiger partial charge in [0.05, 0.1) is 7.11 Å². The Bertz CT molecular complexity index is 901. The Morgan fingerprint density at radius 2 is 1.97 bits per heavy atom. The highest BCUT2D eigenvalue weighted by Crippen LogP contribution is 2.41. The lowest BCUT2D eigenvalue weighted by Gasteiger charge is -2.39. The standard InChI is InChI=1S/C26H32O4/c1-18(2)26(14-12-19(3)13-15-26)30-24-17-21(29-4)16-23(28)25(24)22(27)11-10-20-8-6-5-7-9-20/h5-9,12,14,16-19,28H,10-11,13,15H2,1-4H3. The van der Waals surface area contributed by atoms with Crippen molar-refractivity contribution in [3.05, 3.63) is 65.7 Å². The Kier molecular flexibility index (Phi) is 6.86. The molecule has 1 aliphatic carbocycles. The van der Waals surface area contributed by atoms with Crippen molar-refractivity contribution in [3.8, 4) is 17.2 Å². The molecular weight excluding hydrogens is 376 g/mol. The maximum absolute atomic E-state index is 13.1. The van der Waals surface area contributed by atoms with Gasteiger partial charge in [-0.15, -0.1) is 0 Å². The summed E-state index contributed by atoms with van der Waals surface area (Å²) in [6.45, 7) is 6.44. The number of hydrogen-bond acceptors (Lipinski definition) is 4. The molecule has 0 bridgehead atoms. The molecule has 1 aliphatic rings. The van der Waals surface area contributed by atoms with Crippen LogP contribution in [0.3, 0.4) is 0 Å². The number of ketones is 1. The van der Waals surface area contributed by atoms with E-state index in [2.05, 4.69) is 32.9 Å². The predicted molar refractivity (Wildman–Crippen MR) is 119 cm³/mol. The van der Waals surface area contributed by atoms with Crippen molar-refractivity contribution in [2.75, 3.05) is 7.11 Å². The molecule has 4 nitrogen and oxygen atoms in total. The van der Waals surface area contributed by atoms with Crippen LogP contribution < -0.4 is 9.47 Å². The second-order valence-electron chi connectivity index (χ2n) is 8.52. The number of rotatable bonds is 8. The van der Waals surface area contributed by atoms with Crippen molar-refractivity contribution < 1.29 is 19.4 Å². The van der Waals surface area contributed by atoms with E-state index in [-0.39, 0.29) is 23.0 Å². The lowest BCUT2D eigenvalue weighted by Crippen LogP contribution is -2.42. The fourth-order valence-corrected chi connectivity index (χ4v) is 3.93. The molecule has 2 atom stereocenters. The van der Waals surface area contributed by atoms with Crippen LogP contribution in [0.15, 0.2) is 54.6 Å². The minimum atomic E-state index is -0.514. The Balaban J connectivity index is 1.93. The summed E-state index contributed by atoms with van der Waals surface area (Å²) >= 11 is 0. The van der Waals surface area contributed by atoms with Crippen LogP contribution in [0.2, 0.25) is 0 Å². The molecule has 0 saturated heterocycles. The van der Waals surface area contributed by atoms with Gasteiger partial charge in [0, 0.05) is 18.6 Å². The lowest BCUT2D eigenvalue weighted by molar-refractivity contribution is 0.0489. The predicted octanol–water partition coefficient (Wildman–Crippen LogP) is 5.98. The molecule has 0 spiro atoms. The van der Waals surface area contributed by atoms with Gasteiger partial charge < -0.3 is 14.6 Å². The van der Waals surface area contributed by atoms with Crippen molar-refractivity contribution in [1.82, 2.24) is 0 Å². The Labute approximate surface area is 179 Å². The van der Waals surface area contributed by atoms with E-state index in [0.717, 1.165) is 18.4 Å². The molecule has 0 aliphatic heterocycles. The third-order valence-electron chi connectivity index (χ3n) is 6.03. The molecule has 2 unspecified atom stereocenters. The molecule has 30 heavy (non-hydrogen) atoms. The summed E-state index contributed by atoms with van der Waals surface area (Å²) in [4.78, 5) is 13.1. The van der Waals surface area contributed by atoms with Crippen molar-refractivity contribution in [3.63, 3.8) is 0 Å². The number of carbonyl (C=O) groups is 1. The third kappa shape index (κ3) is 4.86. The highest BCUT2D eigenvalue weighted by molar-refractivity contribution is 6.01. The number of benzene rings is 2. The van der Waals surface area contributed by atoms with E-state index in [1.165, 1.54) is 13.2 Å². The van der Waals surface area contributed by atoms with Crippen LogP contribution in [0, 0.1) is 11.8 Å². The Morgan fingerprint density at radius 1 is 1.23 bits per heavy atom. The molecule has 2 aromatic carbocycles. The summed E-state index contributed by atoms with van der Waals surface area (Å²) in [7, 11) is 1.54. The van der Waals surface area contributed by atoms with Crippen molar-refractivity contribution >= 4 is 5.78 Å². The first-order chi connectivity index (χ1) is 14.3. The molecule has 0 fully saturated rings. The Morgan fingerprint density at radius 3 is 2.57 bits per heavy atom. The van der Waals surface area contributed by atoms with Gasteiger partial charge in [-0.2, -0.15) is 0 Å². The molecule has 2 aromatic rings. The number of ether oxygens (including phenoxy) is 2. The van der Waals surface area contributed by atoms with E-state index in [4.69, 9.17) is 9.47 Å². The van der Waals surface area contributed by atoms with Crippen molar-refractivity contribution in [2.24, 2.45) is 11.8 Å². The topological polar surface area (TPSA) is 55.8 Å². The average molecular weight is 409 g/mol. The molecule has 0 saturated carbocycles. The molecule has 0 heterocycles. The Hall–Kier alpha value is -2.75. The summed E-state index contributed by atoms with van der Waals surface area (Å²) in [5.74, 6) is 1.33. The van der Waals surface area contributed by atoms with E-state index in [1.54, 1.807) is 6.07 Å². The maximum atomic E-state index is 13.1. The zero-order valence-electron chi connectivity index (χ0n) is 18.4. The minimum absolute atomic E-state index is 0.102. The molecule has 0 radical (unpaired) electrons. The number of carbonyl (C=O) groups excluding carboxylic acids is 1. The zero-order valence-corrected chi connectivity index (χ0v) is 18.4. The smallest absolute Gasteiger partial charge is 0.170 e. The first kappa shape index (κ1) is 21.9. The third-order valence-corrected chi connectivity index (χ3v) is 6.03. The largest absolute Gasteiger partial charge is 0.507 e. The van der Waals surface area contributed by atoms with E-state index in [0.29, 0.717) is 30.3 Å². The van der Waals surface area contributed by atoms with Crippen LogP contribution >= 0.6 is 0 Å². The minimum Gasteiger partial charge on any atom is -0.507 e. The second kappa shape index (κ2) is 9.38. The van der Waals surface area contributed by atoms with Crippen LogP contribution in [0.4, 0.5) is 0 Å². The van der Waals surface area contributed by atoms with E-state index < -0.39 is 5.60 Å². The van der Waals surface area contributed by atoms with Crippen LogP contribution in [0.25, 0.3) is 0 Å². The maximum Gasteiger partial charge on any atom is 0.170 e. The number of phenolic OH excluding ortho intramolecular Hbond substituents is 1. The fraction of sp³-hybridized carbons (Fsp3) is 0.423. The summed E-state index contributed by atoms with van der Waals surface area (Å²) in [6, 6.07) is 13.1. The number of hydrogen-bond donors (Lipinski definition) is 1. The SMILES string of the molecule is COc1cc(O)c(C(=O)CCc2ccccc2)c(OC2(C(C)C)C=CC(C)CC2)c1. The number of aryl methyl sites for hydroxylation is 1. The number of phenols is 1. The van der Waals surface area contributed by atoms with Crippen LogP contribution in [-0.4, -0.2) is 23.6 Å². The normalized spacial score (nSPS) is 20.9. The molecule has 4 heteroatoms. The molecule has 0 amide bonds. The molecule has 160 valence electrons. The molecule has 0 aromatic heterocycles. The van der Waals surface area contributed by atoms with E-state index >= 15 is 0 Å². The molecular formula is C26H32O4. The van der Waals surface area contributed by atoms with E-state index in [1.807, 2.05) is 30.3 Å². The van der Waals surface area contributed by atoms with Crippen LogP contribution in [0.5, 0.6) is 17.2 Å². The molecule has 3 rings (SSSR count). The van der Waals surface area contributed by atoms with Crippen molar-refractivity contribution in [2.45, 2.75) is 52.1 Å². The number of Topliss-reactive ketones (excluding diaryl/α,β-unsaturated/α-hetero) is 1. The summed E-state index contributed by atoms with van der Waals surface area (Å²) in [6.07, 6.45) is 7.08. The molecule has 1 N–H and O–H groups in total. The van der Waals surface area contributed by atoms with E-state index in [9.17, 15) is 9.90 Å². The lowest BCUT2D eigenvalue weighted by atomic mass is 9.78. The van der Waals surface area contributed by atoms with Gasteiger partial charge in [0.1, 0.15) is 28.4 Å². The summed E-state index contributed by atoms with van der Waals surface area (Å²) < 4.78 is 11.9. The van der Waals surface area contributed by atoms with Gasteiger partial charge in [-0.05, 0) is 42.7 Å². The summed E-state index contributed by atoms with van der Waals surface area (Å²) in [5, 5.41) is 10.7. The highest BCUT2D eigenvalue weighted by atomic mass is 16.5. The first-order valence-electron chi connectivity index (χ1n) is 10.7. The number of aromatic hydroxyl groups is 1. The quantitative estimate of drug-likeness (QED) is 0.431. The zero-order chi connectivity index (χ0) is 21.7. The van der Waals surface area contributed by atoms with Gasteiger partial charge in [-0.25, -0.2) is 0 Å². The monoisotopic (exact) mass is 408 g/mol. The fourth-order valence-electron chi connectivity index (χ4n) is 3.93. The van der Waals surface area contributed by atoms with Crippen LogP contribution in [-0.2, 0) is 6.42 Å². The summed E-state index contributed by atoms with van der Waals surface area (Å²) in [5.41, 5.74) is 0.808.